The summed E-state index contributed by atoms with van der Waals surface area (Å²) >= 11 is 1.64. The Labute approximate surface area is 150 Å². The predicted molar refractivity (Wildman–Crippen MR) is 96.2 cm³/mol. The van der Waals surface area contributed by atoms with Crippen LogP contribution >= 0.6 is 11.3 Å². The van der Waals surface area contributed by atoms with Crippen molar-refractivity contribution in [2.45, 2.75) is 6.04 Å². The summed E-state index contributed by atoms with van der Waals surface area (Å²) in [6.07, 6.45) is 3.62. The number of methoxy groups -OCH3 is 1. The number of thiophene rings is 1. The number of amides is 1. The largest absolute Gasteiger partial charge is 0.497 e. The molecule has 1 aromatic carbocycles. The molecule has 7 heteroatoms. The van der Waals surface area contributed by atoms with Gasteiger partial charge in [0, 0.05) is 29.9 Å². The number of hydrogen-bond donors (Lipinski definition) is 1. The van der Waals surface area contributed by atoms with Gasteiger partial charge in [-0.3, -0.25) is 9.48 Å². The Kier molecular flexibility index (Phi) is 5.69. The molecule has 1 N–H and O–H groups in total. The third-order valence-corrected chi connectivity index (χ3v) is 4.59. The number of aromatic nitrogens is 2. The molecular weight excluding hydrogens is 338 g/mol. The highest BCUT2D eigenvalue weighted by atomic mass is 32.1. The molecule has 130 valence electrons. The maximum atomic E-state index is 12.1. The SMILES string of the molecule is COc1cccc(OCC(=O)NCC(c2cccs2)n2cccn2)c1. The minimum atomic E-state index is -0.184. The molecule has 0 aliphatic carbocycles. The summed E-state index contributed by atoms with van der Waals surface area (Å²) in [5.41, 5.74) is 0. The van der Waals surface area contributed by atoms with Crippen LogP contribution in [-0.4, -0.2) is 35.9 Å². The number of ether oxygens (including phenoxy) is 2. The maximum absolute atomic E-state index is 12.1. The van der Waals surface area contributed by atoms with Crippen LogP contribution < -0.4 is 14.8 Å². The second-order valence-corrected chi connectivity index (χ2v) is 6.27. The van der Waals surface area contributed by atoms with Crippen LogP contribution in [0.5, 0.6) is 11.5 Å². The highest BCUT2D eigenvalue weighted by Crippen LogP contribution is 2.22. The van der Waals surface area contributed by atoms with E-state index in [1.807, 2.05) is 46.6 Å². The maximum Gasteiger partial charge on any atom is 0.258 e. The zero-order chi connectivity index (χ0) is 17.5. The number of benzene rings is 1. The fourth-order valence-electron chi connectivity index (χ4n) is 2.37. The van der Waals surface area contributed by atoms with E-state index in [4.69, 9.17) is 9.47 Å². The fourth-order valence-corrected chi connectivity index (χ4v) is 3.19. The van der Waals surface area contributed by atoms with Crippen molar-refractivity contribution in [1.29, 1.82) is 0 Å². The van der Waals surface area contributed by atoms with E-state index in [1.54, 1.807) is 36.8 Å². The molecule has 6 nitrogen and oxygen atoms in total. The Bertz CT molecular complexity index is 754. The molecular formula is C18H19N3O3S. The standard InChI is InChI=1S/C18H19N3O3S/c1-23-14-5-2-6-15(11-14)24-13-18(22)19-12-16(17-7-3-10-25-17)21-9-4-8-20-21/h2-11,16H,12-13H2,1H3,(H,19,22). The number of nitrogens with zero attached hydrogens (tertiary/aromatic N) is 2. The average Bonchev–Trinajstić information content (AvgIpc) is 3.35. The minimum Gasteiger partial charge on any atom is -0.497 e. The first-order valence-electron chi connectivity index (χ1n) is 7.82. The first-order chi connectivity index (χ1) is 12.3. The van der Waals surface area contributed by atoms with Gasteiger partial charge in [-0.2, -0.15) is 5.10 Å². The van der Waals surface area contributed by atoms with Gasteiger partial charge in [-0.25, -0.2) is 0 Å². The summed E-state index contributed by atoms with van der Waals surface area (Å²) in [5.74, 6) is 1.10. The molecule has 0 aliphatic heterocycles. The smallest absolute Gasteiger partial charge is 0.258 e. The van der Waals surface area contributed by atoms with Gasteiger partial charge in [0.05, 0.1) is 7.11 Å². The molecule has 3 aromatic rings. The molecule has 0 aliphatic rings. The molecule has 3 rings (SSSR count). The van der Waals surface area contributed by atoms with Crippen LogP contribution in [0.15, 0.2) is 60.2 Å². The number of carbonyl (C=O) groups excluding carboxylic acids is 1. The zero-order valence-electron chi connectivity index (χ0n) is 13.8. The third-order valence-electron chi connectivity index (χ3n) is 3.62. The van der Waals surface area contributed by atoms with Gasteiger partial charge in [0.2, 0.25) is 0 Å². The van der Waals surface area contributed by atoms with Gasteiger partial charge in [-0.05, 0) is 29.6 Å². The molecule has 1 amide bonds. The zero-order valence-corrected chi connectivity index (χ0v) is 14.6. The molecule has 0 saturated heterocycles. The van der Waals surface area contributed by atoms with Gasteiger partial charge in [-0.15, -0.1) is 11.3 Å². The second-order valence-electron chi connectivity index (χ2n) is 5.29. The number of hydrogen-bond acceptors (Lipinski definition) is 5. The van der Waals surface area contributed by atoms with Crippen LogP contribution in [0, 0.1) is 0 Å². The van der Waals surface area contributed by atoms with Crippen LogP contribution in [0.1, 0.15) is 10.9 Å². The van der Waals surface area contributed by atoms with E-state index in [0.29, 0.717) is 18.0 Å². The normalized spacial score (nSPS) is 11.7. The first kappa shape index (κ1) is 17.0. The highest BCUT2D eigenvalue weighted by Gasteiger charge is 2.16. The topological polar surface area (TPSA) is 65.4 Å². The van der Waals surface area contributed by atoms with Crippen LogP contribution in [0.25, 0.3) is 0 Å². The molecule has 0 spiro atoms. The van der Waals surface area contributed by atoms with Gasteiger partial charge < -0.3 is 14.8 Å². The Balaban J connectivity index is 1.55. The molecule has 0 saturated carbocycles. The van der Waals surface area contributed by atoms with Crippen molar-refractivity contribution >= 4 is 17.2 Å². The predicted octanol–water partition coefficient (Wildman–Crippen LogP) is 2.74. The average molecular weight is 357 g/mol. The lowest BCUT2D eigenvalue weighted by Crippen LogP contribution is -2.34. The van der Waals surface area contributed by atoms with E-state index in [-0.39, 0.29) is 18.6 Å². The van der Waals surface area contributed by atoms with Gasteiger partial charge in [-0.1, -0.05) is 12.1 Å². The van der Waals surface area contributed by atoms with Crippen molar-refractivity contribution in [2.24, 2.45) is 0 Å². The minimum absolute atomic E-state index is 0.0317. The fraction of sp³-hybridized carbons (Fsp3) is 0.222. The third kappa shape index (κ3) is 4.60. The lowest BCUT2D eigenvalue weighted by atomic mass is 10.2. The van der Waals surface area contributed by atoms with Gasteiger partial charge in [0.15, 0.2) is 6.61 Å². The number of carbonyl (C=O) groups is 1. The van der Waals surface area contributed by atoms with E-state index in [2.05, 4.69) is 10.4 Å². The Morgan fingerprint density at radius 3 is 2.88 bits per heavy atom. The molecule has 0 bridgehead atoms. The summed E-state index contributed by atoms with van der Waals surface area (Å²) in [6.45, 7) is 0.395. The molecule has 25 heavy (non-hydrogen) atoms. The summed E-state index contributed by atoms with van der Waals surface area (Å²) in [4.78, 5) is 13.3. The molecule has 0 fully saturated rings. The number of nitrogens with one attached hydrogen (secondary N) is 1. The van der Waals surface area contributed by atoms with Crippen molar-refractivity contribution in [3.05, 3.63) is 65.1 Å². The quantitative estimate of drug-likeness (QED) is 0.673. The second kappa shape index (κ2) is 8.34. The van der Waals surface area contributed by atoms with Crippen molar-refractivity contribution < 1.29 is 14.3 Å². The van der Waals surface area contributed by atoms with Gasteiger partial charge in [0.25, 0.3) is 5.91 Å². The monoisotopic (exact) mass is 357 g/mol. The lowest BCUT2D eigenvalue weighted by Gasteiger charge is -2.17. The first-order valence-corrected chi connectivity index (χ1v) is 8.70. The molecule has 1 unspecified atom stereocenters. The molecule has 0 radical (unpaired) electrons. The Hall–Kier alpha value is -2.80. The van der Waals surface area contributed by atoms with E-state index in [0.717, 1.165) is 4.88 Å². The Morgan fingerprint density at radius 2 is 2.16 bits per heavy atom. The summed E-state index contributed by atoms with van der Waals surface area (Å²) in [6, 6.07) is 13.0. The van der Waals surface area contributed by atoms with Crippen molar-refractivity contribution in [1.82, 2.24) is 15.1 Å². The lowest BCUT2D eigenvalue weighted by molar-refractivity contribution is -0.123. The van der Waals surface area contributed by atoms with E-state index >= 15 is 0 Å². The Morgan fingerprint density at radius 1 is 1.28 bits per heavy atom. The van der Waals surface area contributed by atoms with E-state index < -0.39 is 0 Å². The van der Waals surface area contributed by atoms with Gasteiger partial charge >= 0.3 is 0 Å². The number of rotatable bonds is 8. The van der Waals surface area contributed by atoms with Crippen LogP contribution in [0.3, 0.4) is 0 Å². The summed E-state index contributed by atoms with van der Waals surface area (Å²) in [5, 5.41) is 9.21. The van der Waals surface area contributed by atoms with Crippen LogP contribution in [-0.2, 0) is 4.79 Å². The summed E-state index contributed by atoms with van der Waals surface area (Å²) < 4.78 is 12.5. The highest BCUT2D eigenvalue weighted by molar-refractivity contribution is 7.10. The summed E-state index contributed by atoms with van der Waals surface area (Å²) in [7, 11) is 1.59. The van der Waals surface area contributed by atoms with Crippen LogP contribution in [0.4, 0.5) is 0 Å². The molecule has 2 aromatic heterocycles. The van der Waals surface area contributed by atoms with E-state index in [9.17, 15) is 4.79 Å². The van der Waals surface area contributed by atoms with E-state index in [1.165, 1.54) is 0 Å². The van der Waals surface area contributed by atoms with Crippen molar-refractivity contribution in [3.8, 4) is 11.5 Å². The molecule has 1 atom stereocenters. The molecule has 2 heterocycles. The van der Waals surface area contributed by atoms with Crippen molar-refractivity contribution in [2.75, 3.05) is 20.3 Å². The van der Waals surface area contributed by atoms with Crippen LogP contribution in [0.2, 0.25) is 0 Å². The van der Waals surface area contributed by atoms with Crippen molar-refractivity contribution in [3.63, 3.8) is 0 Å². The van der Waals surface area contributed by atoms with Gasteiger partial charge in [0.1, 0.15) is 17.5 Å².